The van der Waals surface area contributed by atoms with E-state index in [1.165, 1.54) is 0 Å². The average molecular weight is 245 g/mol. The van der Waals surface area contributed by atoms with E-state index in [0.717, 1.165) is 0 Å². The Balaban J connectivity index is 2.22. The lowest BCUT2D eigenvalue weighted by Crippen LogP contribution is -2.08. The Hall–Kier alpha value is -2.27. The number of ether oxygens (including phenoxy) is 2. The lowest BCUT2D eigenvalue weighted by molar-refractivity contribution is 0.321. The summed E-state index contributed by atoms with van der Waals surface area (Å²) in [5.41, 5.74) is 2.47. The lowest BCUT2D eigenvalue weighted by Gasteiger charge is -2.11. The number of aromatic nitrogens is 1. The van der Waals surface area contributed by atoms with Crippen LogP contribution in [0.25, 0.3) is 0 Å². The summed E-state index contributed by atoms with van der Waals surface area (Å²) in [4.78, 5) is 4.01. The molecular weight excluding hydrogens is 230 g/mol. The van der Waals surface area contributed by atoms with Crippen molar-refractivity contribution in [2.24, 2.45) is 5.84 Å². The minimum absolute atomic E-state index is 0.543. The van der Waals surface area contributed by atoms with Gasteiger partial charge in [0.2, 0.25) is 0 Å². The fraction of sp³-hybridized carbons (Fsp3) is 0.154. The normalized spacial score (nSPS) is 9.89. The van der Waals surface area contributed by atoms with Crippen molar-refractivity contribution in [2.75, 3.05) is 12.0 Å². The second-order valence-electron chi connectivity index (χ2n) is 3.50. The third-order valence-electron chi connectivity index (χ3n) is 2.26. The van der Waals surface area contributed by atoms with E-state index >= 15 is 0 Å². The van der Waals surface area contributed by atoms with Gasteiger partial charge in [-0.2, -0.15) is 0 Å². The molecule has 94 valence electrons. The van der Waals surface area contributed by atoms with Gasteiger partial charge in [0.1, 0.15) is 11.6 Å². The molecule has 1 aromatic carbocycles. The van der Waals surface area contributed by atoms with Gasteiger partial charge in [0.25, 0.3) is 0 Å². The number of hydrogen-bond acceptors (Lipinski definition) is 5. The van der Waals surface area contributed by atoms with Gasteiger partial charge in [0.15, 0.2) is 11.5 Å². The minimum atomic E-state index is 0.543. The topological polar surface area (TPSA) is 69.4 Å². The third kappa shape index (κ3) is 2.89. The Kier molecular flexibility index (Phi) is 3.98. The van der Waals surface area contributed by atoms with Gasteiger partial charge in [-0.15, -0.1) is 0 Å². The van der Waals surface area contributed by atoms with Gasteiger partial charge in [0.05, 0.1) is 6.61 Å². The number of nitrogens with two attached hydrogens (primary N) is 1. The summed E-state index contributed by atoms with van der Waals surface area (Å²) < 4.78 is 11.2. The number of nitrogen functional groups attached to an aromatic ring is 1. The maximum Gasteiger partial charge on any atom is 0.169 e. The summed E-state index contributed by atoms with van der Waals surface area (Å²) in [7, 11) is 0. The molecule has 1 aromatic heterocycles. The number of rotatable bonds is 5. The van der Waals surface area contributed by atoms with Gasteiger partial charge in [-0.3, -0.25) is 0 Å². The molecule has 2 rings (SSSR count). The van der Waals surface area contributed by atoms with E-state index in [4.69, 9.17) is 15.3 Å². The molecule has 0 aliphatic rings. The zero-order chi connectivity index (χ0) is 12.8. The van der Waals surface area contributed by atoms with Crippen molar-refractivity contribution in [3.8, 4) is 17.2 Å². The molecule has 0 aliphatic heterocycles. The fourth-order valence-electron chi connectivity index (χ4n) is 1.49. The standard InChI is InChI=1S/C13H15N3O2/c1-2-17-11-5-3-4-6-12(11)18-10-7-8-15-13(9-10)16-14/h3-9H,2,14H2,1H3,(H,15,16). The van der Waals surface area contributed by atoms with Crippen LogP contribution in [0.5, 0.6) is 17.2 Å². The predicted octanol–water partition coefficient (Wildman–Crippen LogP) is 2.56. The van der Waals surface area contributed by atoms with Crippen molar-refractivity contribution in [1.29, 1.82) is 0 Å². The number of hydrogen-bond donors (Lipinski definition) is 2. The number of pyridine rings is 1. The van der Waals surface area contributed by atoms with Crippen LogP contribution in [0.15, 0.2) is 42.6 Å². The van der Waals surface area contributed by atoms with Crippen LogP contribution < -0.4 is 20.7 Å². The van der Waals surface area contributed by atoms with Crippen molar-refractivity contribution in [1.82, 2.24) is 4.98 Å². The minimum Gasteiger partial charge on any atom is -0.490 e. The Morgan fingerprint density at radius 1 is 1.22 bits per heavy atom. The number of anilines is 1. The largest absolute Gasteiger partial charge is 0.490 e. The highest BCUT2D eigenvalue weighted by atomic mass is 16.5. The molecule has 1 heterocycles. The summed E-state index contributed by atoms with van der Waals surface area (Å²) in [6, 6.07) is 11.0. The monoisotopic (exact) mass is 245 g/mol. The number of hydrazine groups is 1. The molecule has 0 fully saturated rings. The second kappa shape index (κ2) is 5.88. The lowest BCUT2D eigenvalue weighted by atomic mass is 10.3. The van der Waals surface area contributed by atoms with Crippen LogP contribution in [0.3, 0.4) is 0 Å². The molecule has 5 nitrogen and oxygen atoms in total. The van der Waals surface area contributed by atoms with Gasteiger partial charge >= 0.3 is 0 Å². The second-order valence-corrected chi connectivity index (χ2v) is 3.50. The summed E-state index contributed by atoms with van der Waals surface area (Å²) in [6.07, 6.45) is 1.62. The van der Waals surface area contributed by atoms with Crippen LogP contribution in [0.2, 0.25) is 0 Å². The third-order valence-corrected chi connectivity index (χ3v) is 2.26. The Labute approximate surface area is 106 Å². The van der Waals surface area contributed by atoms with Crippen LogP contribution in [-0.2, 0) is 0 Å². The summed E-state index contributed by atoms with van der Waals surface area (Å²) in [5, 5.41) is 0. The highest BCUT2D eigenvalue weighted by Crippen LogP contribution is 2.31. The molecule has 5 heteroatoms. The van der Waals surface area contributed by atoms with Crippen LogP contribution >= 0.6 is 0 Å². The van der Waals surface area contributed by atoms with Gasteiger partial charge < -0.3 is 14.9 Å². The molecule has 0 radical (unpaired) electrons. The maximum absolute atomic E-state index is 5.74. The Morgan fingerprint density at radius 2 is 2.00 bits per heavy atom. The molecule has 0 amide bonds. The highest BCUT2D eigenvalue weighted by Gasteiger charge is 2.05. The first kappa shape index (κ1) is 12.2. The molecule has 18 heavy (non-hydrogen) atoms. The van der Waals surface area contributed by atoms with Crippen molar-refractivity contribution < 1.29 is 9.47 Å². The molecule has 0 bridgehead atoms. The smallest absolute Gasteiger partial charge is 0.169 e. The molecule has 3 N–H and O–H groups in total. The van der Waals surface area contributed by atoms with E-state index in [1.54, 1.807) is 18.3 Å². The summed E-state index contributed by atoms with van der Waals surface area (Å²) in [5.74, 6) is 7.85. The zero-order valence-electron chi connectivity index (χ0n) is 10.1. The molecule has 2 aromatic rings. The van der Waals surface area contributed by atoms with Crippen LogP contribution in [0.1, 0.15) is 6.92 Å². The van der Waals surface area contributed by atoms with E-state index in [9.17, 15) is 0 Å². The maximum atomic E-state index is 5.74. The van der Waals surface area contributed by atoms with Gasteiger partial charge in [-0.25, -0.2) is 10.8 Å². The number of nitrogens with one attached hydrogen (secondary N) is 1. The van der Waals surface area contributed by atoms with Crippen molar-refractivity contribution in [3.63, 3.8) is 0 Å². The first-order valence-corrected chi connectivity index (χ1v) is 5.66. The first-order valence-electron chi connectivity index (χ1n) is 5.66. The van der Waals surface area contributed by atoms with E-state index in [-0.39, 0.29) is 0 Å². The summed E-state index contributed by atoms with van der Waals surface area (Å²) in [6.45, 7) is 2.52. The van der Waals surface area contributed by atoms with E-state index in [0.29, 0.717) is 29.7 Å². The van der Waals surface area contributed by atoms with Gasteiger partial charge in [0, 0.05) is 12.3 Å². The van der Waals surface area contributed by atoms with Crippen LogP contribution in [-0.4, -0.2) is 11.6 Å². The highest BCUT2D eigenvalue weighted by molar-refractivity contribution is 5.45. The molecule has 0 saturated heterocycles. The SMILES string of the molecule is CCOc1ccccc1Oc1ccnc(NN)c1. The Bertz CT molecular complexity index is 517. The molecule has 0 atom stereocenters. The van der Waals surface area contributed by atoms with E-state index in [1.807, 2.05) is 31.2 Å². The number of nitrogens with zero attached hydrogens (tertiary/aromatic N) is 1. The van der Waals surface area contributed by atoms with Crippen LogP contribution in [0, 0.1) is 0 Å². The molecule has 0 saturated carbocycles. The van der Waals surface area contributed by atoms with Crippen molar-refractivity contribution in [3.05, 3.63) is 42.6 Å². The molecule has 0 aliphatic carbocycles. The van der Waals surface area contributed by atoms with Crippen molar-refractivity contribution in [2.45, 2.75) is 6.92 Å². The van der Waals surface area contributed by atoms with Crippen LogP contribution in [0.4, 0.5) is 5.82 Å². The summed E-state index contributed by atoms with van der Waals surface area (Å²) >= 11 is 0. The number of benzene rings is 1. The predicted molar refractivity (Wildman–Crippen MR) is 69.7 cm³/mol. The van der Waals surface area contributed by atoms with E-state index < -0.39 is 0 Å². The van der Waals surface area contributed by atoms with Crippen molar-refractivity contribution >= 4 is 5.82 Å². The first-order chi connectivity index (χ1) is 8.83. The zero-order valence-corrected chi connectivity index (χ0v) is 10.1. The van der Waals surface area contributed by atoms with Gasteiger partial charge in [-0.05, 0) is 25.1 Å². The average Bonchev–Trinajstić information content (AvgIpc) is 2.41. The Morgan fingerprint density at radius 3 is 2.72 bits per heavy atom. The molecule has 0 unspecified atom stereocenters. The quantitative estimate of drug-likeness (QED) is 0.625. The molecular formula is C13H15N3O2. The van der Waals surface area contributed by atoms with E-state index in [2.05, 4.69) is 10.4 Å². The van der Waals surface area contributed by atoms with Gasteiger partial charge in [-0.1, -0.05) is 12.1 Å². The molecule has 0 spiro atoms. The number of para-hydroxylation sites is 2. The fourth-order valence-corrected chi connectivity index (χ4v) is 1.49.